The number of hydrogen-bond acceptors (Lipinski definition) is 6. The summed E-state index contributed by atoms with van der Waals surface area (Å²) in [4.78, 5) is 9.53. The molecule has 0 aliphatic carbocycles. The molecular formula is C23H16N4O2S2. The van der Waals surface area contributed by atoms with Gasteiger partial charge in [-0.1, -0.05) is 12.1 Å². The zero-order valence-electron chi connectivity index (χ0n) is 16.4. The van der Waals surface area contributed by atoms with E-state index in [9.17, 15) is 13.7 Å². The molecule has 0 amide bonds. The van der Waals surface area contributed by atoms with Crippen molar-refractivity contribution in [1.29, 1.82) is 5.26 Å². The van der Waals surface area contributed by atoms with E-state index in [2.05, 4.69) is 21.4 Å². The fraction of sp³-hybridized carbons (Fsp3) is 0.0435. The van der Waals surface area contributed by atoms with Crippen LogP contribution in [0.3, 0.4) is 0 Å². The van der Waals surface area contributed by atoms with Crippen molar-refractivity contribution in [3.63, 3.8) is 0 Å². The SMILES string of the molecule is CS(=O)(=O)c1cccc(-c2cc3c(Nc4ccc5[nH]ccc5c4)c(C#N)cnc3s2)c1. The van der Waals surface area contributed by atoms with Crippen molar-refractivity contribution >= 4 is 53.7 Å². The van der Waals surface area contributed by atoms with Crippen LogP contribution in [0.4, 0.5) is 11.4 Å². The van der Waals surface area contributed by atoms with Crippen LogP contribution in [0, 0.1) is 11.3 Å². The number of hydrogen-bond donors (Lipinski definition) is 2. The summed E-state index contributed by atoms with van der Waals surface area (Å²) in [5.74, 6) is 0. The summed E-state index contributed by atoms with van der Waals surface area (Å²) in [7, 11) is -3.31. The van der Waals surface area contributed by atoms with Crippen LogP contribution in [-0.4, -0.2) is 24.6 Å². The van der Waals surface area contributed by atoms with Crippen LogP contribution in [0.25, 0.3) is 31.6 Å². The van der Waals surface area contributed by atoms with E-state index in [4.69, 9.17) is 0 Å². The highest BCUT2D eigenvalue weighted by atomic mass is 32.2. The first-order valence-corrected chi connectivity index (χ1v) is 12.1. The molecule has 5 rings (SSSR count). The number of aromatic nitrogens is 2. The lowest BCUT2D eigenvalue weighted by Crippen LogP contribution is -1.96. The first kappa shape index (κ1) is 19.3. The number of rotatable bonds is 4. The molecule has 0 aliphatic rings. The van der Waals surface area contributed by atoms with Crippen LogP contribution >= 0.6 is 11.3 Å². The second-order valence-corrected chi connectivity index (χ2v) is 10.2. The molecule has 2 aromatic carbocycles. The van der Waals surface area contributed by atoms with Crippen molar-refractivity contribution in [3.05, 3.63) is 72.6 Å². The topological polar surface area (TPSA) is 98.6 Å². The van der Waals surface area contributed by atoms with E-state index in [-0.39, 0.29) is 4.90 Å². The molecule has 152 valence electrons. The van der Waals surface area contributed by atoms with Gasteiger partial charge in [0.1, 0.15) is 10.9 Å². The fourth-order valence-electron chi connectivity index (χ4n) is 3.51. The Morgan fingerprint density at radius 3 is 2.81 bits per heavy atom. The lowest BCUT2D eigenvalue weighted by atomic mass is 10.1. The summed E-state index contributed by atoms with van der Waals surface area (Å²) >= 11 is 1.46. The molecular weight excluding hydrogens is 428 g/mol. The van der Waals surface area contributed by atoms with E-state index < -0.39 is 9.84 Å². The molecule has 3 aromatic heterocycles. The van der Waals surface area contributed by atoms with Gasteiger partial charge in [0.15, 0.2) is 9.84 Å². The van der Waals surface area contributed by atoms with Gasteiger partial charge in [-0.3, -0.25) is 0 Å². The lowest BCUT2D eigenvalue weighted by Gasteiger charge is -2.09. The maximum atomic E-state index is 11.9. The number of anilines is 2. The monoisotopic (exact) mass is 444 g/mol. The van der Waals surface area contributed by atoms with Gasteiger partial charge in [-0.15, -0.1) is 11.3 Å². The number of aromatic amines is 1. The third kappa shape index (κ3) is 3.54. The highest BCUT2D eigenvalue weighted by Crippen LogP contribution is 2.39. The first-order valence-electron chi connectivity index (χ1n) is 9.40. The molecule has 0 aliphatic heterocycles. The van der Waals surface area contributed by atoms with Gasteiger partial charge >= 0.3 is 0 Å². The number of thiophene rings is 1. The summed E-state index contributed by atoms with van der Waals surface area (Å²) in [6.07, 6.45) is 4.64. The van der Waals surface area contributed by atoms with Crippen LogP contribution in [0.5, 0.6) is 0 Å². The minimum Gasteiger partial charge on any atom is -0.361 e. The molecule has 3 heterocycles. The number of H-pyrrole nitrogens is 1. The smallest absolute Gasteiger partial charge is 0.175 e. The summed E-state index contributed by atoms with van der Waals surface area (Å²) in [6.45, 7) is 0. The molecule has 0 radical (unpaired) electrons. The van der Waals surface area contributed by atoms with Crippen LogP contribution in [0.1, 0.15) is 5.56 Å². The third-order valence-corrected chi connectivity index (χ3v) is 7.25. The largest absolute Gasteiger partial charge is 0.361 e. The van der Waals surface area contributed by atoms with Crippen LogP contribution in [0.15, 0.2) is 71.9 Å². The fourth-order valence-corrected chi connectivity index (χ4v) is 5.18. The van der Waals surface area contributed by atoms with E-state index in [1.165, 1.54) is 17.6 Å². The second kappa shape index (κ2) is 7.23. The number of pyridine rings is 1. The van der Waals surface area contributed by atoms with Crippen molar-refractivity contribution < 1.29 is 8.42 Å². The molecule has 0 saturated carbocycles. The summed E-state index contributed by atoms with van der Waals surface area (Å²) in [6, 6.07) is 19.0. The van der Waals surface area contributed by atoms with Gasteiger partial charge in [0.05, 0.1) is 16.1 Å². The van der Waals surface area contributed by atoms with E-state index in [1.54, 1.807) is 24.4 Å². The summed E-state index contributed by atoms with van der Waals surface area (Å²) in [5, 5.41) is 14.9. The predicted molar refractivity (Wildman–Crippen MR) is 124 cm³/mol. The maximum Gasteiger partial charge on any atom is 0.175 e. The highest BCUT2D eigenvalue weighted by Gasteiger charge is 2.15. The van der Waals surface area contributed by atoms with E-state index >= 15 is 0 Å². The van der Waals surface area contributed by atoms with Gasteiger partial charge in [0.2, 0.25) is 0 Å². The molecule has 8 heteroatoms. The normalized spacial score (nSPS) is 11.6. The van der Waals surface area contributed by atoms with Gasteiger partial charge in [-0.05, 0) is 48.0 Å². The average molecular weight is 445 g/mol. The lowest BCUT2D eigenvalue weighted by molar-refractivity contribution is 0.602. The second-order valence-electron chi connectivity index (χ2n) is 7.19. The zero-order valence-corrected chi connectivity index (χ0v) is 18.0. The number of nitrogens with one attached hydrogen (secondary N) is 2. The summed E-state index contributed by atoms with van der Waals surface area (Å²) in [5.41, 5.74) is 3.82. The zero-order chi connectivity index (χ0) is 21.6. The molecule has 0 unspecified atom stereocenters. The van der Waals surface area contributed by atoms with Crippen molar-refractivity contribution in [3.8, 4) is 16.5 Å². The molecule has 2 N–H and O–H groups in total. The van der Waals surface area contributed by atoms with Crippen LogP contribution in [-0.2, 0) is 9.84 Å². The van der Waals surface area contributed by atoms with Gasteiger partial charge in [-0.2, -0.15) is 5.26 Å². The molecule has 0 atom stereocenters. The van der Waals surface area contributed by atoms with Crippen molar-refractivity contribution in [2.24, 2.45) is 0 Å². The average Bonchev–Trinajstić information content (AvgIpc) is 3.40. The Balaban J connectivity index is 1.63. The Kier molecular flexibility index (Phi) is 4.50. The number of nitriles is 1. The highest BCUT2D eigenvalue weighted by molar-refractivity contribution is 7.90. The Labute approximate surface area is 182 Å². The van der Waals surface area contributed by atoms with Gasteiger partial charge in [-0.25, -0.2) is 13.4 Å². The third-order valence-electron chi connectivity index (χ3n) is 5.05. The van der Waals surface area contributed by atoms with E-state index in [0.29, 0.717) is 11.3 Å². The molecule has 0 spiro atoms. The Morgan fingerprint density at radius 2 is 2.00 bits per heavy atom. The van der Waals surface area contributed by atoms with Crippen molar-refractivity contribution in [2.75, 3.05) is 11.6 Å². The molecule has 0 fully saturated rings. The van der Waals surface area contributed by atoms with Crippen LogP contribution in [0.2, 0.25) is 0 Å². The van der Waals surface area contributed by atoms with E-state index in [0.717, 1.165) is 37.2 Å². The minimum absolute atomic E-state index is 0.270. The molecule has 0 bridgehead atoms. The van der Waals surface area contributed by atoms with Gasteiger partial charge < -0.3 is 10.3 Å². The van der Waals surface area contributed by atoms with E-state index in [1.807, 2.05) is 42.6 Å². The molecule has 5 aromatic rings. The number of nitrogens with zero attached hydrogens (tertiary/aromatic N) is 2. The number of benzene rings is 2. The Hall–Kier alpha value is -3.67. The minimum atomic E-state index is -3.31. The van der Waals surface area contributed by atoms with Crippen LogP contribution < -0.4 is 5.32 Å². The molecule has 0 saturated heterocycles. The maximum absolute atomic E-state index is 11.9. The predicted octanol–water partition coefficient (Wildman–Crippen LogP) is 5.46. The first-order chi connectivity index (χ1) is 14.9. The summed E-state index contributed by atoms with van der Waals surface area (Å²) < 4.78 is 23.9. The molecule has 31 heavy (non-hydrogen) atoms. The number of fused-ring (bicyclic) bond motifs is 2. The van der Waals surface area contributed by atoms with Crippen molar-refractivity contribution in [2.45, 2.75) is 4.90 Å². The van der Waals surface area contributed by atoms with Crippen molar-refractivity contribution in [1.82, 2.24) is 9.97 Å². The van der Waals surface area contributed by atoms with Gasteiger partial charge in [0.25, 0.3) is 0 Å². The molecule has 6 nitrogen and oxygen atoms in total. The van der Waals surface area contributed by atoms with Gasteiger partial charge in [0, 0.05) is 45.5 Å². The Bertz CT molecular complexity index is 1610. The quantitative estimate of drug-likeness (QED) is 0.383. The number of sulfone groups is 1. The standard InChI is InChI=1S/C23H16N4O2S2/c1-31(28,29)18-4-2-3-15(10-18)21-11-19-22(16(12-24)13-26-23(19)30-21)27-17-5-6-20-14(9-17)7-8-25-20/h2-11,13,25H,1H3,(H,26,27). The Morgan fingerprint density at radius 1 is 1.13 bits per heavy atom.